The van der Waals surface area contributed by atoms with Gasteiger partial charge >= 0.3 is 0 Å². The lowest BCUT2D eigenvalue weighted by atomic mass is 10.0. The first-order valence-electron chi connectivity index (χ1n) is 11.4. The number of unbranched alkanes of at least 4 members (excludes halogenated alkanes) is 2. The Balaban J connectivity index is 1.63. The van der Waals surface area contributed by atoms with Crippen molar-refractivity contribution in [1.82, 2.24) is 10.6 Å². The summed E-state index contributed by atoms with van der Waals surface area (Å²) in [6.07, 6.45) is 12.4. The quantitative estimate of drug-likeness (QED) is 0.207. The summed E-state index contributed by atoms with van der Waals surface area (Å²) in [6.45, 7) is 3.52. The molecule has 1 amide bonds. The van der Waals surface area contributed by atoms with Gasteiger partial charge in [0.15, 0.2) is 0 Å². The Kier molecular flexibility index (Phi) is 10.6. The number of hydrogen-bond donors (Lipinski definition) is 3. The maximum atomic E-state index is 14.0. The predicted molar refractivity (Wildman–Crippen MR) is 124 cm³/mol. The topological polar surface area (TPSA) is 93.5 Å². The fourth-order valence-electron chi connectivity index (χ4n) is 3.44. The molecule has 176 valence electrons. The lowest BCUT2D eigenvalue weighted by Crippen LogP contribution is -2.35. The first-order chi connectivity index (χ1) is 15.3. The van der Waals surface area contributed by atoms with Crippen LogP contribution in [0.4, 0.5) is 4.39 Å². The number of benzene rings is 1. The molecule has 0 aromatic heterocycles. The van der Waals surface area contributed by atoms with E-state index in [2.05, 4.69) is 23.5 Å². The number of carbonyl (C=O) groups is 2. The van der Waals surface area contributed by atoms with Crippen molar-refractivity contribution < 1.29 is 18.7 Å². The molecule has 1 unspecified atom stereocenters. The second kappa shape index (κ2) is 13.2. The predicted octanol–water partition coefficient (Wildman–Crippen LogP) is 2.87. The fourth-order valence-corrected chi connectivity index (χ4v) is 3.44. The Labute approximate surface area is 190 Å². The van der Waals surface area contributed by atoms with Crippen LogP contribution >= 0.6 is 0 Å². The minimum atomic E-state index is -0.621. The number of hydrogen-bond acceptors (Lipinski definition) is 5. The largest absolute Gasteiger partial charge is 0.493 e. The molecule has 32 heavy (non-hydrogen) atoms. The molecular weight excluding hydrogens is 409 g/mol. The van der Waals surface area contributed by atoms with Crippen LogP contribution in [-0.2, 0) is 16.0 Å². The Hall–Kier alpha value is -2.43. The smallest absolute Gasteiger partial charge is 0.220 e. The molecule has 1 aromatic rings. The van der Waals surface area contributed by atoms with Crippen molar-refractivity contribution in [2.45, 2.75) is 82.3 Å². The third-order valence-corrected chi connectivity index (χ3v) is 5.66. The fraction of sp³-hybridized carbons (Fsp3) is 0.600. The number of halogens is 1. The van der Waals surface area contributed by atoms with Crippen LogP contribution in [0, 0.1) is 18.2 Å². The summed E-state index contributed by atoms with van der Waals surface area (Å²) in [5, 5.41) is 6.11. The van der Waals surface area contributed by atoms with Crippen LogP contribution in [0.25, 0.3) is 0 Å². The van der Waals surface area contributed by atoms with E-state index in [0.29, 0.717) is 43.4 Å². The van der Waals surface area contributed by atoms with Gasteiger partial charge in [0.2, 0.25) is 5.91 Å². The summed E-state index contributed by atoms with van der Waals surface area (Å²) < 4.78 is 19.7. The van der Waals surface area contributed by atoms with Gasteiger partial charge in [-0.25, -0.2) is 4.39 Å². The summed E-state index contributed by atoms with van der Waals surface area (Å²) in [4.78, 5) is 22.6. The number of nitrogens with two attached hydrogens (primary N) is 1. The number of ether oxygens (including phenoxy) is 1. The van der Waals surface area contributed by atoms with E-state index in [4.69, 9.17) is 16.9 Å². The standard InChI is InChI=1S/C25H36FN3O3/c1-3-7-22(18-30)29-24(31)8-5-4-6-13-32-23-16-19(14-20(26)17-23)15-21(27)9-12-28-25(2)10-11-25/h1,14,16-18,21-22,28H,4-13,15,27H2,2H3,(H,29,31)/t21-,22?/m1/s1. The average molecular weight is 446 g/mol. The van der Waals surface area contributed by atoms with Crippen molar-refractivity contribution in [2.75, 3.05) is 13.2 Å². The summed E-state index contributed by atoms with van der Waals surface area (Å²) in [7, 11) is 0. The number of carbonyl (C=O) groups excluding carboxylic acids is 2. The monoisotopic (exact) mass is 445 g/mol. The molecule has 1 saturated carbocycles. The van der Waals surface area contributed by atoms with E-state index in [1.165, 1.54) is 25.0 Å². The molecule has 1 fully saturated rings. The van der Waals surface area contributed by atoms with Crippen molar-refractivity contribution in [3.63, 3.8) is 0 Å². The second-order valence-corrected chi connectivity index (χ2v) is 8.91. The maximum absolute atomic E-state index is 14.0. The zero-order valence-electron chi connectivity index (χ0n) is 19.0. The van der Waals surface area contributed by atoms with E-state index in [1.54, 1.807) is 0 Å². The van der Waals surface area contributed by atoms with E-state index in [-0.39, 0.29) is 24.2 Å². The van der Waals surface area contributed by atoms with Gasteiger partial charge in [0.05, 0.1) is 12.6 Å². The molecule has 1 aliphatic carbocycles. The van der Waals surface area contributed by atoms with Gasteiger partial charge in [0.25, 0.3) is 0 Å². The summed E-state index contributed by atoms with van der Waals surface area (Å²) in [6, 6.07) is 4.07. The lowest BCUT2D eigenvalue weighted by Gasteiger charge is -2.16. The Morgan fingerprint density at radius 1 is 1.34 bits per heavy atom. The van der Waals surface area contributed by atoms with Gasteiger partial charge in [0, 0.05) is 30.5 Å². The molecule has 2 atom stereocenters. The molecule has 0 heterocycles. The Bertz CT molecular complexity index is 789. The Morgan fingerprint density at radius 3 is 2.81 bits per heavy atom. The van der Waals surface area contributed by atoms with Crippen LogP contribution in [0.3, 0.4) is 0 Å². The van der Waals surface area contributed by atoms with Gasteiger partial charge in [-0.15, -0.1) is 12.3 Å². The van der Waals surface area contributed by atoms with Crippen molar-refractivity contribution in [3.05, 3.63) is 29.6 Å². The van der Waals surface area contributed by atoms with Crippen LogP contribution in [0.2, 0.25) is 0 Å². The van der Waals surface area contributed by atoms with Gasteiger partial charge in [-0.3, -0.25) is 4.79 Å². The Morgan fingerprint density at radius 2 is 2.12 bits per heavy atom. The molecule has 6 nitrogen and oxygen atoms in total. The molecule has 0 spiro atoms. The van der Waals surface area contributed by atoms with Gasteiger partial charge in [0.1, 0.15) is 17.9 Å². The van der Waals surface area contributed by atoms with E-state index in [1.807, 2.05) is 6.07 Å². The van der Waals surface area contributed by atoms with Gasteiger partial charge < -0.3 is 25.9 Å². The van der Waals surface area contributed by atoms with Crippen LogP contribution in [0.1, 0.15) is 63.9 Å². The first kappa shape index (κ1) is 25.8. The highest BCUT2D eigenvalue weighted by atomic mass is 19.1. The third kappa shape index (κ3) is 10.3. The van der Waals surface area contributed by atoms with E-state index in [9.17, 15) is 14.0 Å². The van der Waals surface area contributed by atoms with Crippen molar-refractivity contribution >= 4 is 12.2 Å². The number of aldehydes is 1. The molecule has 1 aromatic carbocycles. The molecule has 0 bridgehead atoms. The normalized spacial score (nSPS) is 15.9. The van der Waals surface area contributed by atoms with E-state index in [0.717, 1.165) is 31.4 Å². The lowest BCUT2D eigenvalue weighted by molar-refractivity contribution is -0.124. The highest BCUT2D eigenvalue weighted by Gasteiger charge is 2.36. The SMILES string of the molecule is C#CCC(C=O)NC(=O)CCCCCOc1cc(F)cc(C[C@H](N)CCNC2(C)CC2)c1. The molecule has 0 radical (unpaired) electrons. The highest BCUT2D eigenvalue weighted by Crippen LogP contribution is 2.34. The van der Waals surface area contributed by atoms with Crippen LogP contribution in [-0.4, -0.2) is 43.0 Å². The average Bonchev–Trinajstić information content (AvgIpc) is 3.46. The first-order valence-corrected chi connectivity index (χ1v) is 11.4. The summed E-state index contributed by atoms with van der Waals surface area (Å²) in [5.74, 6) is 2.34. The minimum absolute atomic E-state index is 0.0370. The van der Waals surface area contributed by atoms with Crippen LogP contribution < -0.4 is 21.1 Å². The third-order valence-electron chi connectivity index (χ3n) is 5.66. The number of amides is 1. The van der Waals surface area contributed by atoms with Crippen molar-refractivity contribution in [3.8, 4) is 18.1 Å². The van der Waals surface area contributed by atoms with Gasteiger partial charge in [-0.2, -0.15) is 0 Å². The van der Waals surface area contributed by atoms with E-state index < -0.39 is 6.04 Å². The van der Waals surface area contributed by atoms with Crippen LogP contribution in [0.15, 0.2) is 18.2 Å². The molecule has 1 aliphatic rings. The highest BCUT2D eigenvalue weighted by molar-refractivity contribution is 5.79. The van der Waals surface area contributed by atoms with Gasteiger partial charge in [-0.05, 0) is 76.1 Å². The van der Waals surface area contributed by atoms with Crippen molar-refractivity contribution in [1.29, 1.82) is 0 Å². The molecule has 0 saturated heterocycles. The van der Waals surface area contributed by atoms with Crippen LogP contribution in [0.5, 0.6) is 5.75 Å². The van der Waals surface area contributed by atoms with Crippen molar-refractivity contribution in [2.24, 2.45) is 5.73 Å². The molecule has 7 heteroatoms. The van der Waals surface area contributed by atoms with E-state index >= 15 is 0 Å². The summed E-state index contributed by atoms with van der Waals surface area (Å²) >= 11 is 0. The zero-order chi connectivity index (χ0) is 23.4. The zero-order valence-corrected chi connectivity index (χ0v) is 19.0. The summed E-state index contributed by atoms with van der Waals surface area (Å²) in [5.41, 5.74) is 7.35. The molecular formula is C25H36FN3O3. The molecule has 0 aliphatic heterocycles. The number of rotatable bonds is 16. The number of terminal acetylenes is 1. The number of nitrogens with one attached hydrogen (secondary N) is 2. The van der Waals surface area contributed by atoms with Gasteiger partial charge in [-0.1, -0.05) is 0 Å². The molecule has 2 rings (SSSR count). The maximum Gasteiger partial charge on any atom is 0.220 e. The molecule has 4 N–H and O–H groups in total. The minimum Gasteiger partial charge on any atom is -0.493 e. The second-order valence-electron chi connectivity index (χ2n) is 8.91.